The summed E-state index contributed by atoms with van der Waals surface area (Å²) in [6, 6.07) is 19.8. The third kappa shape index (κ3) is 2.97. The molecule has 0 spiro atoms. The standard InChI is InChI=1S/C31H26N2O6/c1-31-23(28(36)32(30(31)38)17-8-3-2-4-9-17)15-22-19(13-14-20-24(22)29(37)33(39)27(20)35)25(31)21-12-11-16-7-5-6-10-18(16)26(21)34/h2-13,20,22-25,34,39H,14-15H2,1H3. The fourth-order valence-corrected chi connectivity index (χ4v) is 7.67. The molecule has 0 bridgehead atoms. The first-order valence-electron chi connectivity index (χ1n) is 13.2. The highest BCUT2D eigenvalue weighted by Crippen LogP contribution is 2.64. The van der Waals surface area contributed by atoms with Gasteiger partial charge in [0.1, 0.15) is 5.75 Å². The van der Waals surface area contributed by atoms with Gasteiger partial charge in [-0.25, -0.2) is 4.90 Å². The van der Waals surface area contributed by atoms with Crippen LogP contribution in [0.3, 0.4) is 0 Å². The van der Waals surface area contributed by atoms with Gasteiger partial charge in [0.2, 0.25) is 11.8 Å². The van der Waals surface area contributed by atoms with Crippen LogP contribution in [0.5, 0.6) is 5.75 Å². The Kier molecular flexibility index (Phi) is 4.94. The molecule has 8 heteroatoms. The number of imide groups is 2. The van der Waals surface area contributed by atoms with Crippen LogP contribution in [0.15, 0.2) is 78.4 Å². The molecule has 3 fully saturated rings. The first-order valence-corrected chi connectivity index (χ1v) is 13.2. The number of allylic oxidation sites excluding steroid dienone is 2. The lowest BCUT2D eigenvalue weighted by Crippen LogP contribution is -2.48. The van der Waals surface area contributed by atoms with Crippen molar-refractivity contribution in [3.63, 3.8) is 0 Å². The third-order valence-electron chi connectivity index (χ3n) is 9.51. The Morgan fingerprint density at radius 3 is 2.33 bits per heavy atom. The predicted octanol–water partition coefficient (Wildman–Crippen LogP) is 4.17. The zero-order valence-corrected chi connectivity index (χ0v) is 21.2. The van der Waals surface area contributed by atoms with Gasteiger partial charge in [0.15, 0.2) is 0 Å². The normalized spacial score (nSPS) is 31.8. The smallest absolute Gasteiger partial charge is 0.257 e. The van der Waals surface area contributed by atoms with Gasteiger partial charge in [-0.3, -0.25) is 24.4 Å². The molecule has 3 aromatic rings. The van der Waals surface area contributed by atoms with Gasteiger partial charge in [-0.05, 0) is 43.2 Å². The summed E-state index contributed by atoms with van der Waals surface area (Å²) in [4.78, 5) is 55.4. The topological polar surface area (TPSA) is 115 Å². The van der Waals surface area contributed by atoms with E-state index in [4.69, 9.17) is 0 Å². The van der Waals surface area contributed by atoms with Gasteiger partial charge in [0.25, 0.3) is 11.8 Å². The number of para-hydroxylation sites is 1. The molecule has 2 N–H and O–H groups in total. The first kappa shape index (κ1) is 23.8. The zero-order valence-electron chi connectivity index (χ0n) is 21.2. The highest BCUT2D eigenvalue weighted by molar-refractivity contribution is 6.24. The van der Waals surface area contributed by atoms with Crippen molar-refractivity contribution in [1.29, 1.82) is 0 Å². The first-order chi connectivity index (χ1) is 18.7. The molecular weight excluding hydrogens is 496 g/mol. The number of amides is 4. The van der Waals surface area contributed by atoms with Crippen molar-refractivity contribution >= 4 is 40.1 Å². The van der Waals surface area contributed by atoms with Crippen molar-refractivity contribution in [2.24, 2.45) is 29.1 Å². The van der Waals surface area contributed by atoms with Crippen LogP contribution in [0.2, 0.25) is 0 Å². The summed E-state index contributed by atoms with van der Waals surface area (Å²) < 4.78 is 0. The number of benzene rings is 3. The van der Waals surface area contributed by atoms with Crippen molar-refractivity contribution in [1.82, 2.24) is 5.06 Å². The molecule has 39 heavy (non-hydrogen) atoms. The molecule has 6 atom stereocenters. The molecule has 2 aliphatic heterocycles. The van der Waals surface area contributed by atoms with Crippen LogP contribution in [0.4, 0.5) is 5.69 Å². The van der Waals surface area contributed by atoms with Crippen LogP contribution in [0, 0.1) is 29.1 Å². The van der Waals surface area contributed by atoms with E-state index in [9.17, 15) is 29.5 Å². The summed E-state index contributed by atoms with van der Waals surface area (Å²) in [5.41, 5.74) is 0.484. The van der Waals surface area contributed by atoms with Crippen molar-refractivity contribution in [3.8, 4) is 5.75 Å². The summed E-state index contributed by atoms with van der Waals surface area (Å²) in [6.45, 7) is 1.78. The van der Waals surface area contributed by atoms with Gasteiger partial charge in [-0.2, -0.15) is 5.06 Å². The Morgan fingerprint density at radius 1 is 0.846 bits per heavy atom. The number of hydrogen-bond donors (Lipinski definition) is 2. The van der Waals surface area contributed by atoms with Gasteiger partial charge in [-0.1, -0.05) is 66.2 Å². The van der Waals surface area contributed by atoms with Crippen LogP contribution >= 0.6 is 0 Å². The molecule has 6 unspecified atom stereocenters. The van der Waals surface area contributed by atoms with Crippen molar-refractivity contribution in [2.45, 2.75) is 25.7 Å². The maximum atomic E-state index is 14.3. The molecule has 2 heterocycles. The molecule has 4 aliphatic rings. The summed E-state index contributed by atoms with van der Waals surface area (Å²) in [7, 11) is 0. The van der Waals surface area contributed by atoms with Gasteiger partial charge < -0.3 is 5.11 Å². The Labute approximate surface area is 224 Å². The number of carbonyl (C=O) groups excluding carboxylic acids is 4. The maximum Gasteiger partial charge on any atom is 0.257 e. The lowest BCUT2D eigenvalue weighted by Gasteiger charge is -2.49. The quantitative estimate of drug-likeness (QED) is 0.297. The second-order valence-corrected chi connectivity index (χ2v) is 11.2. The van der Waals surface area contributed by atoms with Gasteiger partial charge in [0.05, 0.1) is 28.9 Å². The summed E-state index contributed by atoms with van der Waals surface area (Å²) in [5, 5.41) is 23.4. The van der Waals surface area contributed by atoms with E-state index in [1.165, 1.54) is 4.90 Å². The average Bonchev–Trinajstić information content (AvgIpc) is 3.29. The molecule has 8 nitrogen and oxygen atoms in total. The third-order valence-corrected chi connectivity index (χ3v) is 9.51. The maximum absolute atomic E-state index is 14.3. The minimum Gasteiger partial charge on any atom is -0.507 e. The predicted molar refractivity (Wildman–Crippen MR) is 140 cm³/mol. The number of hydroxylamine groups is 2. The van der Waals surface area contributed by atoms with Crippen LogP contribution in [-0.4, -0.2) is 39.0 Å². The van der Waals surface area contributed by atoms with Gasteiger partial charge in [-0.15, -0.1) is 0 Å². The number of anilines is 1. The second kappa shape index (κ2) is 8.10. The molecular formula is C31H26N2O6. The SMILES string of the molecule is CC12C(=O)N(c3ccccc3)C(=O)C1CC1C(=CCC3C(=O)N(O)C(=O)C31)C2c1ccc2ccccc2c1O. The Morgan fingerprint density at radius 2 is 1.56 bits per heavy atom. The molecule has 4 amide bonds. The summed E-state index contributed by atoms with van der Waals surface area (Å²) in [5.74, 6) is -5.62. The van der Waals surface area contributed by atoms with E-state index in [0.717, 1.165) is 11.0 Å². The lowest BCUT2D eigenvalue weighted by atomic mass is 9.51. The number of aromatic hydroxyl groups is 1. The van der Waals surface area contributed by atoms with Gasteiger partial charge >= 0.3 is 0 Å². The number of fused-ring (bicyclic) bond motifs is 5. The van der Waals surface area contributed by atoms with Gasteiger partial charge in [0, 0.05) is 16.9 Å². The lowest BCUT2D eigenvalue weighted by molar-refractivity contribution is -0.173. The van der Waals surface area contributed by atoms with Crippen molar-refractivity contribution in [2.75, 3.05) is 4.90 Å². The van der Waals surface area contributed by atoms with Crippen LogP contribution in [-0.2, 0) is 19.2 Å². The van der Waals surface area contributed by atoms with Crippen molar-refractivity contribution in [3.05, 3.63) is 83.9 Å². The minimum absolute atomic E-state index is 0.0257. The van der Waals surface area contributed by atoms with E-state index >= 15 is 0 Å². The fourth-order valence-electron chi connectivity index (χ4n) is 7.67. The molecule has 1 saturated carbocycles. The van der Waals surface area contributed by atoms with Crippen LogP contribution < -0.4 is 4.90 Å². The largest absolute Gasteiger partial charge is 0.507 e. The van der Waals surface area contributed by atoms with Crippen molar-refractivity contribution < 1.29 is 29.5 Å². The molecule has 0 aromatic heterocycles. The number of hydrogen-bond acceptors (Lipinski definition) is 6. The van der Waals surface area contributed by atoms with Crippen LogP contribution in [0.1, 0.15) is 31.2 Å². The number of carbonyl (C=O) groups is 4. The molecule has 2 saturated heterocycles. The monoisotopic (exact) mass is 522 g/mol. The number of rotatable bonds is 2. The van der Waals surface area contributed by atoms with Crippen LogP contribution in [0.25, 0.3) is 10.8 Å². The van der Waals surface area contributed by atoms with E-state index in [1.54, 1.807) is 43.3 Å². The second-order valence-electron chi connectivity index (χ2n) is 11.2. The highest BCUT2D eigenvalue weighted by Gasteiger charge is 2.68. The Bertz CT molecular complexity index is 1630. The Balaban J connectivity index is 1.46. The fraction of sp³-hybridized carbons (Fsp3) is 0.290. The number of phenolic OH excluding ortho intramolecular Hbond substituents is 1. The highest BCUT2D eigenvalue weighted by atomic mass is 16.5. The molecule has 3 aromatic carbocycles. The zero-order chi connectivity index (χ0) is 27.2. The summed E-state index contributed by atoms with van der Waals surface area (Å²) >= 11 is 0. The van der Waals surface area contributed by atoms with E-state index in [-0.39, 0.29) is 35.5 Å². The average molecular weight is 523 g/mol. The number of nitrogens with zero attached hydrogens (tertiary/aromatic N) is 2. The number of phenols is 1. The van der Waals surface area contributed by atoms with E-state index in [2.05, 4.69) is 0 Å². The molecule has 0 radical (unpaired) electrons. The molecule has 7 rings (SSSR count). The molecule has 196 valence electrons. The summed E-state index contributed by atoms with van der Waals surface area (Å²) in [6.07, 6.45) is 2.31. The minimum atomic E-state index is -1.24. The molecule has 2 aliphatic carbocycles. The van der Waals surface area contributed by atoms with E-state index in [0.29, 0.717) is 16.6 Å². The van der Waals surface area contributed by atoms with E-state index < -0.39 is 46.8 Å². The van der Waals surface area contributed by atoms with E-state index in [1.807, 2.05) is 36.4 Å². The Hall–Kier alpha value is -4.30.